The van der Waals surface area contributed by atoms with Crippen LogP contribution in [0.25, 0.3) is 10.9 Å². The lowest BCUT2D eigenvalue weighted by Gasteiger charge is -2.35. The van der Waals surface area contributed by atoms with Crippen LogP contribution < -0.4 is 9.47 Å². The van der Waals surface area contributed by atoms with Gasteiger partial charge in [-0.25, -0.2) is 9.18 Å². The van der Waals surface area contributed by atoms with Crippen LogP contribution in [-0.4, -0.2) is 44.1 Å². The minimum atomic E-state index is -0.512. The molecule has 39 heavy (non-hydrogen) atoms. The van der Waals surface area contributed by atoms with Crippen LogP contribution in [0.2, 0.25) is 5.02 Å². The van der Waals surface area contributed by atoms with E-state index >= 15 is 0 Å². The summed E-state index contributed by atoms with van der Waals surface area (Å²) in [5.74, 6) is 0.619. The third kappa shape index (κ3) is 5.31. The molecule has 3 heterocycles. The molecule has 1 aliphatic heterocycles. The van der Waals surface area contributed by atoms with Gasteiger partial charge in [-0.15, -0.1) is 5.10 Å². The Balaban J connectivity index is 1.26. The fourth-order valence-electron chi connectivity index (χ4n) is 4.98. The predicted molar refractivity (Wildman–Crippen MR) is 145 cm³/mol. The highest BCUT2D eigenvalue weighted by atomic mass is 35.5. The zero-order valence-corrected chi connectivity index (χ0v) is 21.6. The number of aromatic amines is 1. The number of halogens is 2. The van der Waals surface area contributed by atoms with Crippen molar-refractivity contribution in [2.24, 2.45) is 0 Å². The van der Waals surface area contributed by atoms with Crippen LogP contribution in [0.3, 0.4) is 0 Å². The number of H-pyrrole nitrogens is 1. The number of hydrogen-bond acceptors (Lipinski definition) is 5. The molecule has 0 spiro atoms. The maximum Gasteiger partial charge on any atom is 0.416 e. The van der Waals surface area contributed by atoms with Crippen molar-refractivity contribution in [3.05, 3.63) is 107 Å². The molecule has 198 valence electrons. The van der Waals surface area contributed by atoms with E-state index in [9.17, 15) is 9.18 Å². The summed E-state index contributed by atoms with van der Waals surface area (Å²) in [6.45, 7) is 1.70. The number of hydrogen-bond donors (Lipinski definition) is 1. The molecule has 1 atom stereocenters. The second kappa shape index (κ2) is 10.8. The van der Waals surface area contributed by atoms with Crippen molar-refractivity contribution < 1.29 is 18.7 Å². The molecule has 3 aromatic carbocycles. The van der Waals surface area contributed by atoms with Gasteiger partial charge in [0.15, 0.2) is 0 Å². The molecule has 0 unspecified atom stereocenters. The SMILES string of the molecule is O=C(Oc1ccc(F)cc1)N1CCc2c([nH]c3ccc(Cl)cc23)[C@H]1c1ccc(OCCCn2ccnn2)cc1. The second-order valence-corrected chi connectivity index (χ2v) is 9.75. The lowest BCUT2D eigenvalue weighted by atomic mass is 9.92. The zero-order valence-electron chi connectivity index (χ0n) is 20.9. The molecule has 2 aromatic heterocycles. The molecule has 0 fully saturated rings. The van der Waals surface area contributed by atoms with E-state index in [1.165, 1.54) is 24.3 Å². The Kier molecular flexibility index (Phi) is 6.89. The van der Waals surface area contributed by atoms with E-state index in [1.54, 1.807) is 15.8 Å². The fraction of sp³-hybridized carbons (Fsp3) is 0.207. The molecule has 10 heteroatoms. The minimum absolute atomic E-state index is 0.281. The Morgan fingerprint density at radius 2 is 1.87 bits per heavy atom. The summed E-state index contributed by atoms with van der Waals surface area (Å²) in [6.07, 6.45) is 4.38. The predicted octanol–water partition coefficient (Wildman–Crippen LogP) is 6.17. The van der Waals surface area contributed by atoms with Gasteiger partial charge in [0.2, 0.25) is 0 Å². The van der Waals surface area contributed by atoms with Gasteiger partial charge in [0.25, 0.3) is 0 Å². The van der Waals surface area contributed by atoms with Crippen LogP contribution in [0, 0.1) is 5.82 Å². The third-order valence-corrected chi connectivity index (χ3v) is 7.05. The van der Waals surface area contributed by atoms with Crippen LogP contribution >= 0.6 is 11.6 Å². The smallest absolute Gasteiger partial charge is 0.416 e. The van der Waals surface area contributed by atoms with Crippen molar-refractivity contribution in [2.75, 3.05) is 13.2 Å². The van der Waals surface area contributed by atoms with E-state index < -0.39 is 18.0 Å². The number of aryl methyl sites for hydroxylation is 1. The van der Waals surface area contributed by atoms with Crippen LogP contribution in [-0.2, 0) is 13.0 Å². The number of aromatic nitrogens is 4. The Morgan fingerprint density at radius 1 is 1.08 bits per heavy atom. The van der Waals surface area contributed by atoms with E-state index in [0.717, 1.165) is 46.4 Å². The molecule has 5 aromatic rings. The average Bonchev–Trinajstić information content (AvgIpc) is 3.60. The summed E-state index contributed by atoms with van der Waals surface area (Å²) in [4.78, 5) is 18.6. The lowest BCUT2D eigenvalue weighted by molar-refractivity contribution is 0.135. The molecule has 0 bridgehead atoms. The summed E-state index contributed by atoms with van der Waals surface area (Å²) in [5.41, 5.74) is 3.89. The molecular weight excluding hydrogens is 521 g/mol. The number of nitrogens with zero attached hydrogens (tertiary/aromatic N) is 4. The monoisotopic (exact) mass is 545 g/mol. The summed E-state index contributed by atoms with van der Waals surface area (Å²) in [6, 6.07) is 18.5. The van der Waals surface area contributed by atoms with Gasteiger partial charge in [-0.2, -0.15) is 0 Å². The highest BCUT2D eigenvalue weighted by molar-refractivity contribution is 6.31. The van der Waals surface area contributed by atoms with E-state index in [2.05, 4.69) is 15.3 Å². The first-order chi connectivity index (χ1) is 19.0. The third-order valence-electron chi connectivity index (χ3n) is 6.81. The molecule has 0 aliphatic carbocycles. The average molecular weight is 546 g/mol. The number of benzene rings is 3. The van der Waals surface area contributed by atoms with Gasteiger partial charge >= 0.3 is 6.09 Å². The number of nitrogens with one attached hydrogen (secondary N) is 1. The summed E-state index contributed by atoms with van der Waals surface area (Å²) in [7, 11) is 0. The number of amides is 1. The number of fused-ring (bicyclic) bond motifs is 3. The van der Waals surface area contributed by atoms with Gasteiger partial charge < -0.3 is 14.5 Å². The number of carbonyl (C=O) groups excluding carboxylic acids is 1. The van der Waals surface area contributed by atoms with Crippen molar-refractivity contribution in [2.45, 2.75) is 25.4 Å². The molecule has 8 nitrogen and oxygen atoms in total. The van der Waals surface area contributed by atoms with Gasteiger partial charge in [-0.05, 0) is 72.1 Å². The van der Waals surface area contributed by atoms with Crippen LogP contribution in [0.15, 0.2) is 79.1 Å². The van der Waals surface area contributed by atoms with E-state index in [-0.39, 0.29) is 5.75 Å². The number of ether oxygens (including phenoxy) is 2. The van der Waals surface area contributed by atoms with Crippen molar-refractivity contribution in [3.63, 3.8) is 0 Å². The van der Waals surface area contributed by atoms with Crippen LogP contribution in [0.5, 0.6) is 11.5 Å². The molecule has 1 aliphatic rings. The molecular formula is C29H25ClFN5O3. The van der Waals surface area contributed by atoms with Gasteiger partial charge in [0, 0.05) is 47.3 Å². The fourth-order valence-corrected chi connectivity index (χ4v) is 5.15. The van der Waals surface area contributed by atoms with Crippen LogP contribution in [0.4, 0.5) is 9.18 Å². The highest BCUT2D eigenvalue weighted by Crippen LogP contribution is 2.40. The molecule has 0 saturated heterocycles. The lowest BCUT2D eigenvalue weighted by Crippen LogP contribution is -2.42. The molecule has 0 saturated carbocycles. The van der Waals surface area contributed by atoms with Crippen molar-refractivity contribution in [3.8, 4) is 11.5 Å². The van der Waals surface area contributed by atoms with Crippen molar-refractivity contribution in [1.29, 1.82) is 0 Å². The van der Waals surface area contributed by atoms with E-state index in [1.807, 2.05) is 48.7 Å². The maximum absolute atomic E-state index is 13.4. The molecule has 1 amide bonds. The van der Waals surface area contributed by atoms with Gasteiger partial charge in [0.05, 0.1) is 12.8 Å². The topological polar surface area (TPSA) is 85.3 Å². The van der Waals surface area contributed by atoms with E-state index in [0.29, 0.717) is 24.6 Å². The highest BCUT2D eigenvalue weighted by Gasteiger charge is 2.35. The first-order valence-corrected chi connectivity index (χ1v) is 13.0. The summed E-state index contributed by atoms with van der Waals surface area (Å²) >= 11 is 6.30. The van der Waals surface area contributed by atoms with E-state index in [4.69, 9.17) is 21.1 Å². The number of carbonyl (C=O) groups is 1. The second-order valence-electron chi connectivity index (χ2n) is 9.31. The van der Waals surface area contributed by atoms with Crippen LogP contribution in [0.1, 0.15) is 29.3 Å². The normalized spacial score (nSPS) is 14.8. The largest absolute Gasteiger partial charge is 0.494 e. The first-order valence-electron chi connectivity index (χ1n) is 12.7. The molecule has 0 radical (unpaired) electrons. The molecule has 6 rings (SSSR count). The Bertz CT molecular complexity index is 1590. The quantitative estimate of drug-likeness (QED) is 0.247. The Hall–Kier alpha value is -4.37. The Labute approximate surface area is 228 Å². The van der Waals surface area contributed by atoms with Crippen molar-refractivity contribution in [1.82, 2.24) is 24.9 Å². The van der Waals surface area contributed by atoms with Gasteiger partial charge in [-0.3, -0.25) is 9.58 Å². The first kappa shape index (κ1) is 24.9. The summed E-state index contributed by atoms with van der Waals surface area (Å²) < 4.78 is 26.7. The van der Waals surface area contributed by atoms with Gasteiger partial charge in [-0.1, -0.05) is 28.9 Å². The Morgan fingerprint density at radius 3 is 2.64 bits per heavy atom. The standard InChI is InChI=1S/C29H25ClFN5O3/c30-20-4-11-26-25(18-20)24-12-15-36(29(37)39-23-9-5-21(31)6-10-23)28(27(24)33-26)19-2-7-22(8-3-19)38-17-1-14-35-16-13-32-34-35/h2-11,13,16,18,28,33H,1,12,14-15,17H2/t28-/m1/s1. The summed E-state index contributed by atoms with van der Waals surface area (Å²) in [5, 5.41) is 9.46. The maximum atomic E-state index is 13.4. The number of rotatable bonds is 7. The van der Waals surface area contributed by atoms with Gasteiger partial charge in [0.1, 0.15) is 23.4 Å². The zero-order chi connectivity index (χ0) is 26.8. The molecule has 1 N–H and O–H groups in total. The van der Waals surface area contributed by atoms with Crippen molar-refractivity contribution >= 4 is 28.6 Å². The minimum Gasteiger partial charge on any atom is -0.494 e.